The van der Waals surface area contributed by atoms with Crippen molar-refractivity contribution in [2.75, 3.05) is 55.6 Å². The molecule has 3 saturated heterocycles. The molecule has 0 aliphatic carbocycles. The van der Waals surface area contributed by atoms with E-state index in [0.717, 1.165) is 24.0 Å². The number of piperidine rings is 1. The summed E-state index contributed by atoms with van der Waals surface area (Å²) >= 11 is 0. The van der Waals surface area contributed by atoms with Crippen LogP contribution in [0.3, 0.4) is 0 Å². The van der Waals surface area contributed by atoms with Gasteiger partial charge in [-0.1, -0.05) is 6.92 Å². The van der Waals surface area contributed by atoms with Crippen LogP contribution in [0.25, 0.3) is 5.65 Å². The number of fused-ring (bicyclic) bond motifs is 1. The third-order valence-corrected chi connectivity index (χ3v) is 8.32. The number of halogens is 3. The van der Waals surface area contributed by atoms with Crippen molar-refractivity contribution >= 4 is 29.1 Å². The quantitative estimate of drug-likeness (QED) is 0.468. The summed E-state index contributed by atoms with van der Waals surface area (Å²) in [6.07, 6.45) is 6.06. The zero-order chi connectivity index (χ0) is 28.8. The zero-order valence-corrected chi connectivity index (χ0v) is 22.7. The summed E-state index contributed by atoms with van der Waals surface area (Å²) in [6, 6.07) is 0.756. The Morgan fingerprint density at radius 3 is 2.59 bits per heavy atom. The minimum absolute atomic E-state index is 0.00459. The number of rotatable bonds is 6. The van der Waals surface area contributed by atoms with Gasteiger partial charge in [0.05, 0.1) is 23.0 Å². The standard InChI is InChI=1S/C27H32F3N9O2/c1-18-2-8-38(16-18)19-14-20(27(28,29)30)21(34-15-19)24(40)33-7-13-39-17-26(35-25(39)41)3-9-36(10-4-26)22-23-32-6-12-37(23)11-5-31-22/h5-6,11-12,14-15,18H,2-4,7-10,13,16-17H2,1H3,(H,33,40)(H,35,41). The van der Waals surface area contributed by atoms with Crippen LogP contribution < -0.4 is 20.4 Å². The van der Waals surface area contributed by atoms with E-state index in [1.54, 1.807) is 17.3 Å². The number of pyridine rings is 1. The Bertz CT molecular complexity index is 1450. The molecule has 1 spiro atoms. The van der Waals surface area contributed by atoms with Crippen LogP contribution in [-0.2, 0) is 6.18 Å². The van der Waals surface area contributed by atoms with Gasteiger partial charge in [-0.25, -0.2) is 19.7 Å². The highest BCUT2D eigenvalue weighted by Gasteiger charge is 2.44. The number of amides is 3. The molecular weight excluding hydrogens is 539 g/mol. The van der Waals surface area contributed by atoms with Crippen molar-refractivity contribution in [2.24, 2.45) is 5.92 Å². The number of urea groups is 1. The molecule has 3 fully saturated rings. The number of nitrogens with one attached hydrogen (secondary N) is 2. The molecule has 3 aliphatic rings. The van der Waals surface area contributed by atoms with E-state index in [0.29, 0.717) is 57.2 Å². The van der Waals surface area contributed by atoms with Crippen LogP contribution in [0.15, 0.2) is 37.1 Å². The maximum absolute atomic E-state index is 13.9. The van der Waals surface area contributed by atoms with Crippen LogP contribution in [-0.4, -0.2) is 87.5 Å². The summed E-state index contributed by atoms with van der Waals surface area (Å²) in [7, 11) is 0. The summed E-state index contributed by atoms with van der Waals surface area (Å²) in [5.41, 5.74) is -0.992. The van der Waals surface area contributed by atoms with Crippen molar-refractivity contribution in [3.05, 3.63) is 48.3 Å². The Morgan fingerprint density at radius 1 is 1.12 bits per heavy atom. The molecular formula is C27H32F3N9O2. The molecule has 0 saturated carbocycles. The number of carbonyl (C=O) groups excluding carboxylic acids is 2. The van der Waals surface area contributed by atoms with Crippen molar-refractivity contribution in [2.45, 2.75) is 37.9 Å². The van der Waals surface area contributed by atoms with Gasteiger partial charge in [-0.15, -0.1) is 0 Å². The van der Waals surface area contributed by atoms with Gasteiger partial charge in [0.1, 0.15) is 5.69 Å². The molecule has 3 aliphatic heterocycles. The SMILES string of the molecule is CC1CCN(c2cnc(C(=O)NCCN3CC4(CCN(c5nccn6ccnc56)CC4)NC3=O)c(C(F)(F)F)c2)C1. The number of hydrogen-bond donors (Lipinski definition) is 2. The van der Waals surface area contributed by atoms with Gasteiger partial charge >= 0.3 is 12.2 Å². The summed E-state index contributed by atoms with van der Waals surface area (Å²) in [5, 5.41) is 5.63. The molecule has 0 bridgehead atoms. The van der Waals surface area contributed by atoms with Crippen LogP contribution in [0.1, 0.15) is 42.2 Å². The lowest BCUT2D eigenvalue weighted by Crippen LogP contribution is -2.52. The predicted octanol–water partition coefficient (Wildman–Crippen LogP) is 2.78. The topological polar surface area (TPSA) is 111 Å². The maximum atomic E-state index is 13.9. The normalized spacial score (nSPS) is 20.7. The van der Waals surface area contributed by atoms with Crippen molar-refractivity contribution in [1.29, 1.82) is 0 Å². The average Bonchev–Trinajstić information content (AvgIpc) is 3.67. The average molecular weight is 572 g/mol. The molecule has 11 nitrogen and oxygen atoms in total. The highest BCUT2D eigenvalue weighted by Crippen LogP contribution is 2.35. The highest BCUT2D eigenvalue weighted by molar-refractivity contribution is 5.94. The maximum Gasteiger partial charge on any atom is 0.418 e. The van der Waals surface area contributed by atoms with E-state index in [2.05, 4.69) is 30.5 Å². The van der Waals surface area contributed by atoms with E-state index in [4.69, 9.17) is 0 Å². The van der Waals surface area contributed by atoms with Gasteiger partial charge in [-0.3, -0.25) is 4.79 Å². The number of imidazole rings is 1. The first-order valence-electron chi connectivity index (χ1n) is 13.8. The Kier molecular flexibility index (Phi) is 6.86. The minimum atomic E-state index is -4.73. The molecule has 3 aromatic heterocycles. The molecule has 6 heterocycles. The predicted molar refractivity (Wildman–Crippen MR) is 145 cm³/mol. The van der Waals surface area contributed by atoms with Gasteiger partial charge in [0.25, 0.3) is 5.91 Å². The van der Waals surface area contributed by atoms with Gasteiger partial charge in [0, 0.05) is 70.6 Å². The summed E-state index contributed by atoms with van der Waals surface area (Å²) < 4.78 is 43.5. The Morgan fingerprint density at radius 2 is 1.88 bits per heavy atom. The van der Waals surface area contributed by atoms with Crippen LogP contribution in [0, 0.1) is 5.92 Å². The number of anilines is 2. The monoisotopic (exact) mass is 571 g/mol. The number of carbonyl (C=O) groups is 2. The highest BCUT2D eigenvalue weighted by atomic mass is 19.4. The van der Waals surface area contributed by atoms with Crippen molar-refractivity contribution in [3.63, 3.8) is 0 Å². The molecule has 0 aromatic carbocycles. The second-order valence-electron chi connectivity index (χ2n) is 11.2. The Hall–Kier alpha value is -4.10. The fraction of sp³-hybridized carbons (Fsp3) is 0.519. The number of nitrogens with zero attached hydrogens (tertiary/aromatic N) is 7. The summed E-state index contributed by atoms with van der Waals surface area (Å²) in [4.78, 5) is 43.9. The van der Waals surface area contributed by atoms with Crippen molar-refractivity contribution in [3.8, 4) is 0 Å². The van der Waals surface area contributed by atoms with Crippen LogP contribution in [0.2, 0.25) is 0 Å². The molecule has 41 heavy (non-hydrogen) atoms. The molecule has 6 rings (SSSR count). The third-order valence-electron chi connectivity index (χ3n) is 8.32. The molecule has 218 valence electrons. The van der Waals surface area contributed by atoms with E-state index in [9.17, 15) is 22.8 Å². The van der Waals surface area contributed by atoms with Crippen LogP contribution in [0.5, 0.6) is 0 Å². The number of hydrogen-bond acceptors (Lipinski definition) is 7. The van der Waals surface area contributed by atoms with E-state index in [1.807, 2.05) is 28.6 Å². The molecule has 14 heteroatoms. The lowest BCUT2D eigenvalue weighted by atomic mass is 9.88. The minimum Gasteiger partial charge on any atom is -0.370 e. The molecule has 2 N–H and O–H groups in total. The molecule has 0 radical (unpaired) electrons. The van der Waals surface area contributed by atoms with E-state index < -0.39 is 28.9 Å². The molecule has 1 atom stereocenters. The zero-order valence-electron chi connectivity index (χ0n) is 22.7. The fourth-order valence-electron chi connectivity index (χ4n) is 6.04. The smallest absolute Gasteiger partial charge is 0.370 e. The molecule has 3 aromatic rings. The summed E-state index contributed by atoms with van der Waals surface area (Å²) in [6.45, 7) is 5.34. The van der Waals surface area contributed by atoms with E-state index >= 15 is 0 Å². The fourth-order valence-corrected chi connectivity index (χ4v) is 6.04. The van der Waals surface area contributed by atoms with Gasteiger partial charge in [-0.05, 0) is 31.2 Å². The van der Waals surface area contributed by atoms with E-state index in [1.165, 1.54) is 6.20 Å². The lowest BCUT2D eigenvalue weighted by Gasteiger charge is -2.39. The molecule has 1 unspecified atom stereocenters. The molecule has 3 amide bonds. The van der Waals surface area contributed by atoms with Crippen LogP contribution >= 0.6 is 0 Å². The van der Waals surface area contributed by atoms with E-state index in [-0.39, 0.29) is 19.1 Å². The number of alkyl halides is 3. The van der Waals surface area contributed by atoms with Crippen molar-refractivity contribution in [1.82, 2.24) is 34.9 Å². The second kappa shape index (κ2) is 10.4. The third kappa shape index (κ3) is 5.34. The first kappa shape index (κ1) is 27.1. The summed E-state index contributed by atoms with van der Waals surface area (Å²) in [5.74, 6) is 0.268. The Balaban J connectivity index is 1.05. The lowest BCUT2D eigenvalue weighted by molar-refractivity contribution is -0.138. The second-order valence-corrected chi connectivity index (χ2v) is 11.2. The first-order chi connectivity index (χ1) is 19.6. The van der Waals surface area contributed by atoms with Crippen molar-refractivity contribution < 1.29 is 22.8 Å². The Labute approximate surface area is 234 Å². The van der Waals surface area contributed by atoms with Gasteiger partial charge in [0.15, 0.2) is 11.5 Å². The number of aromatic nitrogens is 4. The first-order valence-corrected chi connectivity index (χ1v) is 13.8. The van der Waals surface area contributed by atoms with Gasteiger partial charge < -0.3 is 29.7 Å². The van der Waals surface area contributed by atoms with Gasteiger partial charge in [-0.2, -0.15) is 13.2 Å². The van der Waals surface area contributed by atoms with Gasteiger partial charge in [0.2, 0.25) is 0 Å². The van der Waals surface area contributed by atoms with Crippen LogP contribution in [0.4, 0.5) is 29.5 Å². The largest absolute Gasteiger partial charge is 0.418 e.